The molecule has 8 aromatic rings. The molecule has 0 bridgehead atoms. The van der Waals surface area contributed by atoms with Crippen LogP contribution >= 0.6 is 0 Å². The molecule has 0 unspecified atom stereocenters. The first-order valence-corrected chi connectivity index (χ1v) is 22.4. The summed E-state index contributed by atoms with van der Waals surface area (Å²) in [5.74, 6) is 0. The predicted octanol–water partition coefficient (Wildman–Crippen LogP) is 17.5. The highest BCUT2D eigenvalue weighted by Gasteiger charge is 2.36. The lowest BCUT2D eigenvalue weighted by atomic mass is 9.81. The molecule has 0 heterocycles. The van der Waals surface area contributed by atoms with Gasteiger partial charge in [-0.1, -0.05) is 174 Å². The summed E-state index contributed by atoms with van der Waals surface area (Å²) in [6, 6.07) is 60.2. The third-order valence-electron chi connectivity index (χ3n) is 13.2. The number of benzene rings is 8. The summed E-state index contributed by atoms with van der Waals surface area (Å²) in [5, 5.41) is 5.05. The predicted molar refractivity (Wildman–Crippen MR) is 278 cm³/mol. The topological polar surface area (TPSA) is 6.48 Å². The van der Waals surface area contributed by atoms with Crippen molar-refractivity contribution in [2.45, 2.75) is 39.5 Å². The van der Waals surface area contributed by atoms with Crippen LogP contribution in [-0.4, -0.2) is 0 Å². The first kappa shape index (κ1) is 40.4. The third-order valence-corrected chi connectivity index (χ3v) is 13.2. The molecule has 0 radical (unpaired) electrons. The molecule has 64 heavy (non-hydrogen) atoms. The summed E-state index contributed by atoms with van der Waals surface area (Å²) < 4.78 is 0. The number of hydrogen-bond donors (Lipinski definition) is 0. The van der Waals surface area contributed by atoms with E-state index in [1.165, 1.54) is 77.3 Å². The number of anilines is 5. The molecular weight excluding hydrogens is 773 g/mol. The molecular formula is C62H52N2. The molecule has 0 spiro atoms. The van der Waals surface area contributed by atoms with E-state index in [0.717, 1.165) is 40.4 Å². The molecule has 0 saturated heterocycles. The van der Waals surface area contributed by atoms with Crippen LogP contribution in [-0.2, 0) is 5.41 Å². The Balaban J connectivity index is 0.981. The second-order valence-corrected chi connectivity index (χ2v) is 17.3. The zero-order valence-electron chi connectivity index (χ0n) is 37.1. The second-order valence-electron chi connectivity index (χ2n) is 17.3. The molecule has 2 aliphatic carbocycles. The minimum absolute atomic E-state index is 0.192. The fourth-order valence-corrected chi connectivity index (χ4v) is 10.1. The first-order chi connectivity index (χ1) is 31.3. The maximum atomic E-state index is 4.14. The lowest BCUT2D eigenvalue weighted by Gasteiger charge is -2.28. The van der Waals surface area contributed by atoms with Gasteiger partial charge in [0.1, 0.15) is 0 Å². The second kappa shape index (κ2) is 16.5. The van der Waals surface area contributed by atoms with Gasteiger partial charge in [-0.3, -0.25) is 0 Å². The van der Waals surface area contributed by atoms with Crippen molar-refractivity contribution in [3.8, 4) is 11.1 Å². The van der Waals surface area contributed by atoms with Crippen molar-refractivity contribution in [1.29, 1.82) is 0 Å². The van der Waals surface area contributed by atoms with Crippen LogP contribution in [0.1, 0.15) is 67.5 Å². The highest BCUT2D eigenvalue weighted by Crippen LogP contribution is 2.52. The summed E-state index contributed by atoms with van der Waals surface area (Å²) in [6.45, 7) is 17.2. The largest absolute Gasteiger partial charge is 0.311 e. The van der Waals surface area contributed by atoms with Crippen LogP contribution in [0.3, 0.4) is 0 Å². The smallest absolute Gasteiger partial charge is 0.0540 e. The minimum Gasteiger partial charge on any atom is -0.311 e. The van der Waals surface area contributed by atoms with E-state index in [9.17, 15) is 0 Å². The van der Waals surface area contributed by atoms with Crippen molar-refractivity contribution in [3.05, 3.63) is 246 Å². The van der Waals surface area contributed by atoms with E-state index in [2.05, 4.69) is 233 Å². The van der Waals surface area contributed by atoms with E-state index in [1.807, 2.05) is 24.3 Å². The molecule has 2 heteroatoms. The fraction of sp³-hybridized carbons (Fsp3) is 0.0968. The number of fused-ring (bicyclic) bond motifs is 4. The van der Waals surface area contributed by atoms with E-state index >= 15 is 0 Å². The van der Waals surface area contributed by atoms with E-state index < -0.39 is 0 Å². The molecule has 2 aliphatic rings. The Morgan fingerprint density at radius 3 is 1.98 bits per heavy atom. The Kier molecular flexibility index (Phi) is 10.4. The summed E-state index contributed by atoms with van der Waals surface area (Å²) in [6.07, 6.45) is 15.6. The van der Waals surface area contributed by atoms with Crippen molar-refractivity contribution in [2.75, 3.05) is 9.80 Å². The zero-order valence-corrected chi connectivity index (χ0v) is 37.1. The average Bonchev–Trinajstić information content (AvgIpc) is 3.76. The summed E-state index contributed by atoms with van der Waals surface area (Å²) >= 11 is 0. The van der Waals surface area contributed by atoms with Crippen LogP contribution in [0.25, 0.3) is 56.0 Å². The average molecular weight is 825 g/mol. The van der Waals surface area contributed by atoms with Gasteiger partial charge in [-0.05, 0) is 152 Å². The summed E-state index contributed by atoms with van der Waals surface area (Å²) in [7, 11) is 0. The fourth-order valence-electron chi connectivity index (χ4n) is 10.1. The molecule has 0 N–H and O–H groups in total. The van der Waals surface area contributed by atoms with Gasteiger partial charge in [-0.15, -0.1) is 0 Å². The SMILES string of the molecule is C=CC=C(C=C)N(c1ccccc1)c1ccc2c(c1)C(C)(C)c1cc(C=Cc3ccc(N(c4ccc5ccccc5c4)c4ccc5c6c(cccc46)C(C=CC)=C5CC)cc3)ccc1-2. The molecule has 0 fully saturated rings. The normalized spacial score (nSPS) is 13.8. The van der Waals surface area contributed by atoms with Gasteiger partial charge in [0, 0.05) is 39.2 Å². The van der Waals surface area contributed by atoms with E-state index in [0.29, 0.717) is 0 Å². The molecule has 8 aromatic carbocycles. The van der Waals surface area contributed by atoms with Gasteiger partial charge in [0.25, 0.3) is 0 Å². The van der Waals surface area contributed by atoms with Gasteiger partial charge in [0.15, 0.2) is 0 Å². The van der Waals surface area contributed by atoms with E-state index in [-0.39, 0.29) is 5.41 Å². The van der Waals surface area contributed by atoms with Crippen LogP contribution in [0, 0.1) is 0 Å². The standard InChI is InChI=1S/C62H52N2/c1-7-17-46(9-3)63(47-21-12-11-13-22-47)50-34-36-54-53-35-29-43(39-58(53)62(5,6)59(54)41-50)26-25-42-27-31-48(32-28-42)64(49-33-30-44-19-14-15-20-45(44)40-49)60-38-37-56-51(10-4)52(18-8-2)55-23-16-24-57(60)61(55)56/h7-9,11-41H,1,3,10H2,2,4-6H3. The lowest BCUT2D eigenvalue weighted by molar-refractivity contribution is 0.660. The van der Waals surface area contributed by atoms with Gasteiger partial charge in [-0.25, -0.2) is 0 Å². The first-order valence-electron chi connectivity index (χ1n) is 22.4. The van der Waals surface area contributed by atoms with Gasteiger partial charge in [0.05, 0.1) is 5.69 Å². The Hall–Kier alpha value is -7.68. The van der Waals surface area contributed by atoms with E-state index in [1.54, 1.807) is 0 Å². The third kappa shape index (κ3) is 6.83. The molecule has 310 valence electrons. The highest BCUT2D eigenvalue weighted by molar-refractivity contribution is 6.19. The molecule has 0 aliphatic heterocycles. The minimum atomic E-state index is -0.192. The van der Waals surface area contributed by atoms with Gasteiger partial charge >= 0.3 is 0 Å². The van der Waals surface area contributed by atoms with Crippen LogP contribution < -0.4 is 9.80 Å². The van der Waals surface area contributed by atoms with E-state index in [4.69, 9.17) is 0 Å². The molecule has 10 rings (SSSR count). The van der Waals surface area contributed by atoms with Crippen LogP contribution in [0.15, 0.2) is 213 Å². The van der Waals surface area contributed by atoms with Gasteiger partial charge in [-0.2, -0.15) is 0 Å². The quantitative estimate of drug-likeness (QED) is 0.0894. The molecule has 0 saturated carbocycles. The van der Waals surface area contributed by atoms with Crippen LogP contribution in [0.4, 0.5) is 28.4 Å². The number of rotatable bonds is 12. The molecule has 2 nitrogen and oxygen atoms in total. The van der Waals surface area contributed by atoms with Crippen molar-refractivity contribution in [1.82, 2.24) is 0 Å². The number of nitrogens with zero attached hydrogens (tertiary/aromatic N) is 2. The van der Waals surface area contributed by atoms with Crippen LogP contribution in [0.5, 0.6) is 0 Å². The van der Waals surface area contributed by atoms with Gasteiger partial charge < -0.3 is 9.80 Å². The van der Waals surface area contributed by atoms with Crippen molar-refractivity contribution < 1.29 is 0 Å². The summed E-state index contributed by atoms with van der Waals surface area (Å²) in [4.78, 5) is 4.68. The van der Waals surface area contributed by atoms with Crippen molar-refractivity contribution >= 4 is 73.3 Å². The highest BCUT2D eigenvalue weighted by atomic mass is 15.1. The van der Waals surface area contributed by atoms with Gasteiger partial charge in [0.2, 0.25) is 0 Å². The maximum absolute atomic E-state index is 4.14. The molecule has 0 amide bonds. The zero-order chi connectivity index (χ0) is 44.0. The lowest BCUT2D eigenvalue weighted by Crippen LogP contribution is -2.18. The Morgan fingerprint density at radius 1 is 0.562 bits per heavy atom. The maximum Gasteiger partial charge on any atom is 0.0540 e. The van der Waals surface area contributed by atoms with Crippen LogP contribution in [0.2, 0.25) is 0 Å². The number of allylic oxidation sites excluding steroid dienone is 7. The van der Waals surface area contributed by atoms with Crippen molar-refractivity contribution in [3.63, 3.8) is 0 Å². The Labute approximate surface area is 378 Å². The van der Waals surface area contributed by atoms with Crippen molar-refractivity contribution in [2.24, 2.45) is 0 Å². The molecule has 0 atom stereocenters. The summed E-state index contributed by atoms with van der Waals surface area (Å²) in [5.41, 5.74) is 19.4. The monoisotopic (exact) mass is 824 g/mol. The molecule has 0 aromatic heterocycles. The number of hydrogen-bond acceptors (Lipinski definition) is 2. The Bertz CT molecular complexity index is 3260. The number of para-hydroxylation sites is 1. The Morgan fingerprint density at radius 2 is 1.23 bits per heavy atom.